The van der Waals surface area contributed by atoms with Crippen LogP contribution in [0.3, 0.4) is 0 Å². The van der Waals surface area contributed by atoms with Crippen LogP contribution in [0.1, 0.15) is 27.5 Å². The maximum absolute atomic E-state index is 14.5. The average molecular weight is 578 g/mol. The summed E-state index contributed by atoms with van der Waals surface area (Å²) < 4.78 is 16.3. The lowest BCUT2D eigenvalue weighted by Crippen LogP contribution is -2.42. The highest BCUT2D eigenvalue weighted by Crippen LogP contribution is 2.48. The summed E-state index contributed by atoms with van der Waals surface area (Å²) in [6.07, 6.45) is 3.36. The van der Waals surface area contributed by atoms with Gasteiger partial charge in [-0.25, -0.2) is 9.07 Å². The van der Waals surface area contributed by atoms with E-state index < -0.39 is 5.25 Å². The zero-order valence-corrected chi connectivity index (χ0v) is 23.7. The zero-order chi connectivity index (χ0) is 29.1. The first-order chi connectivity index (χ1) is 20.5. The Morgan fingerprint density at radius 1 is 1.02 bits per heavy atom. The molecule has 9 heteroatoms. The molecule has 0 spiro atoms. The van der Waals surface area contributed by atoms with Gasteiger partial charge in [-0.3, -0.25) is 19.5 Å². The Labute approximate surface area is 247 Å². The minimum Gasteiger partial charge on any atom is -0.350 e. The number of aryl methyl sites for hydroxylation is 1. The second kappa shape index (κ2) is 12.0. The molecule has 7 nitrogen and oxygen atoms in total. The number of carbonyl (C=O) groups excluding carboxylic acids is 2. The van der Waals surface area contributed by atoms with Gasteiger partial charge in [-0.05, 0) is 48.4 Å². The second-order valence-corrected chi connectivity index (χ2v) is 11.2. The van der Waals surface area contributed by atoms with Gasteiger partial charge in [-0.1, -0.05) is 66.2 Å². The SMILES string of the molecule is Cc1ccc(-n2nc(-c3ccccc3)c3c2N(CC(=O)NCc2cccnc2)C(=O)CS[C@@H]3c2cccc(F)c2)cc1. The molecule has 0 saturated carbocycles. The van der Waals surface area contributed by atoms with Crippen LogP contribution in [0.4, 0.5) is 10.2 Å². The molecule has 0 saturated heterocycles. The van der Waals surface area contributed by atoms with E-state index in [4.69, 9.17) is 5.10 Å². The number of fused-ring (bicyclic) bond motifs is 1. The predicted molar refractivity (Wildman–Crippen MR) is 163 cm³/mol. The van der Waals surface area contributed by atoms with E-state index in [-0.39, 0.29) is 36.5 Å². The summed E-state index contributed by atoms with van der Waals surface area (Å²) in [6, 6.07) is 27.7. The van der Waals surface area contributed by atoms with Crippen LogP contribution in [-0.2, 0) is 16.1 Å². The molecule has 1 aliphatic heterocycles. The predicted octanol–water partition coefficient (Wildman–Crippen LogP) is 5.87. The number of benzene rings is 3. The van der Waals surface area contributed by atoms with Gasteiger partial charge < -0.3 is 5.32 Å². The molecule has 3 heterocycles. The summed E-state index contributed by atoms with van der Waals surface area (Å²) in [6.45, 7) is 2.09. The maximum Gasteiger partial charge on any atom is 0.240 e. The fourth-order valence-electron chi connectivity index (χ4n) is 5.03. The van der Waals surface area contributed by atoms with Crippen LogP contribution >= 0.6 is 11.8 Å². The maximum atomic E-state index is 14.5. The minimum absolute atomic E-state index is 0.105. The van der Waals surface area contributed by atoms with Crippen LogP contribution in [-0.4, -0.2) is 38.9 Å². The van der Waals surface area contributed by atoms with Gasteiger partial charge in [0.1, 0.15) is 18.2 Å². The molecule has 2 aromatic heterocycles. The van der Waals surface area contributed by atoms with Gasteiger partial charge in [0.2, 0.25) is 11.8 Å². The van der Waals surface area contributed by atoms with E-state index in [1.165, 1.54) is 28.8 Å². The van der Waals surface area contributed by atoms with Gasteiger partial charge in [0.25, 0.3) is 0 Å². The van der Waals surface area contributed by atoms with Gasteiger partial charge in [0.05, 0.1) is 22.4 Å². The molecule has 210 valence electrons. The molecule has 1 atom stereocenters. The molecule has 42 heavy (non-hydrogen) atoms. The number of anilines is 1. The van der Waals surface area contributed by atoms with Gasteiger partial charge in [-0.2, -0.15) is 5.10 Å². The van der Waals surface area contributed by atoms with Crippen molar-refractivity contribution in [3.8, 4) is 16.9 Å². The van der Waals surface area contributed by atoms with Gasteiger partial charge in [0, 0.05) is 30.1 Å². The highest BCUT2D eigenvalue weighted by molar-refractivity contribution is 8.00. The smallest absolute Gasteiger partial charge is 0.240 e. The van der Waals surface area contributed by atoms with Crippen molar-refractivity contribution in [2.45, 2.75) is 18.7 Å². The molecular formula is C33H28FN5O2S. The molecule has 1 aliphatic rings. The number of aromatic nitrogens is 3. The van der Waals surface area contributed by atoms with E-state index in [0.29, 0.717) is 11.5 Å². The molecule has 0 aliphatic carbocycles. The van der Waals surface area contributed by atoms with Crippen LogP contribution in [0.5, 0.6) is 0 Å². The summed E-state index contributed by atoms with van der Waals surface area (Å²) in [5.41, 5.74) is 5.68. The lowest BCUT2D eigenvalue weighted by Gasteiger charge is -2.23. The number of carbonyl (C=O) groups is 2. The summed E-state index contributed by atoms with van der Waals surface area (Å²) in [5.74, 6) is -0.300. The Hall–Kier alpha value is -4.76. The number of thioether (sulfide) groups is 1. The molecule has 2 amide bonds. The number of amides is 2. The van der Waals surface area contributed by atoms with Crippen LogP contribution in [0.25, 0.3) is 16.9 Å². The summed E-state index contributed by atoms with van der Waals surface area (Å²) >= 11 is 1.41. The Kier molecular flexibility index (Phi) is 7.83. The molecule has 0 radical (unpaired) electrons. The van der Waals surface area contributed by atoms with Crippen molar-refractivity contribution in [1.82, 2.24) is 20.1 Å². The molecule has 6 rings (SSSR count). The molecule has 0 unspecified atom stereocenters. The number of hydrogen-bond donors (Lipinski definition) is 1. The quantitative estimate of drug-likeness (QED) is 0.262. The molecule has 1 N–H and O–H groups in total. The number of rotatable bonds is 7. The van der Waals surface area contributed by atoms with Crippen molar-refractivity contribution in [2.75, 3.05) is 17.2 Å². The van der Waals surface area contributed by atoms with Crippen molar-refractivity contribution in [3.05, 3.63) is 131 Å². The highest BCUT2D eigenvalue weighted by atomic mass is 32.2. The standard InChI is InChI=1S/C33H28FN5O2S/c1-22-12-14-27(15-13-22)39-33-30(31(37-39)24-8-3-2-4-9-24)32(25-10-5-11-26(34)17-25)42-21-29(41)38(33)20-28(40)36-19-23-7-6-16-35-18-23/h2-18,32H,19-21H2,1H3,(H,36,40)/t32-/m1/s1. The molecular weight excluding hydrogens is 549 g/mol. The summed E-state index contributed by atoms with van der Waals surface area (Å²) in [5, 5.41) is 7.57. The lowest BCUT2D eigenvalue weighted by atomic mass is 9.99. The highest BCUT2D eigenvalue weighted by Gasteiger charge is 2.37. The molecule has 5 aromatic rings. The molecule has 0 bridgehead atoms. The van der Waals surface area contributed by atoms with E-state index in [1.807, 2.05) is 73.7 Å². The fourth-order valence-corrected chi connectivity index (χ4v) is 6.22. The largest absolute Gasteiger partial charge is 0.350 e. The second-order valence-electron chi connectivity index (χ2n) is 10.1. The number of halogens is 1. The van der Waals surface area contributed by atoms with Crippen molar-refractivity contribution in [3.63, 3.8) is 0 Å². The zero-order valence-electron chi connectivity index (χ0n) is 22.9. The van der Waals surface area contributed by atoms with E-state index in [1.54, 1.807) is 29.2 Å². The Balaban J connectivity index is 1.52. The topological polar surface area (TPSA) is 80.1 Å². The molecule has 0 fully saturated rings. The number of nitrogens with zero attached hydrogens (tertiary/aromatic N) is 4. The number of hydrogen-bond acceptors (Lipinski definition) is 5. The van der Waals surface area contributed by atoms with Crippen LogP contribution in [0, 0.1) is 12.7 Å². The summed E-state index contributed by atoms with van der Waals surface area (Å²) in [4.78, 5) is 32.7. The third-order valence-corrected chi connectivity index (χ3v) is 8.34. The monoisotopic (exact) mass is 577 g/mol. The average Bonchev–Trinajstić information content (AvgIpc) is 3.33. The number of nitrogens with one attached hydrogen (secondary N) is 1. The lowest BCUT2D eigenvalue weighted by molar-refractivity contribution is -0.123. The Bertz CT molecular complexity index is 1730. The van der Waals surface area contributed by atoms with Gasteiger partial charge in [0.15, 0.2) is 0 Å². The van der Waals surface area contributed by atoms with Crippen molar-refractivity contribution < 1.29 is 14.0 Å². The third-order valence-electron chi connectivity index (χ3n) is 7.08. The van der Waals surface area contributed by atoms with E-state index in [0.717, 1.165) is 33.5 Å². The first kappa shape index (κ1) is 27.4. The normalized spacial score (nSPS) is 14.8. The van der Waals surface area contributed by atoms with Crippen molar-refractivity contribution in [2.24, 2.45) is 0 Å². The minimum atomic E-state index is -0.405. The fraction of sp³-hybridized carbons (Fsp3) is 0.152. The van der Waals surface area contributed by atoms with Gasteiger partial charge in [-0.15, -0.1) is 11.8 Å². The van der Waals surface area contributed by atoms with Crippen LogP contribution in [0.2, 0.25) is 0 Å². The first-order valence-corrected chi connectivity index (χ1v) is 14.6. The van der Waals surface area contributed by atoms with E-state index >= 15 is 0 Å². The Morgan fingerprint density at radius 3 is 2.57 bits per heavy atom. The van der Waals surface area contributed by atoms with E-state index in [9.17, 15) is 14.0 Å². The summed E-state index contributed by atoms with van der Waals surface area (Å²) in [7, 11) is 0. The van der Waals surface area contributed by atoms with Crippen LogP contribution < -0.4 is 10.2 Å². The first-order valence-electron chi connectivity index (χ1n) is 13.6. The Morgan fingerprint density at radius 2 is 1.83 bits per heavy atom. The third kappa shape index (κ3) is 5.69. The van der Waals surface area contributed by atoms with Gasteiger partial charge >= 0.3 is 0 Å². The number of pyridine rings is 1. The van der Waals surface area contributed by atoms with Crippen molar-refractivity contribution in [1.29, 1.82) is 0 Å². The van der Waals surface area contributed by atoms with Crippen molar-refractivity contribution >= 4 is 29.4 Å². The molecule has 3 aromatic carbocycles. The van der Waals surface area contributed by atoms with E-state index in [2.05, 4.69) is 10.3 Å². The van der Waals surface area contributed by atoms with Crippen LogP contribution in [0.15, 0.2) is 103 Å².